The molecule has 1 aromatic rings. The van der Waals surface area contributed by atoms with Gasteiger partial charge in [-0.1, -0.05) is 13.8 Å². The molecule has 3 atom stereocenters. The molecule has 0 spiro atoms. The lowest BCUT2D eigenvalue weighted by Gasteiger charge is -2.20. The molecular weight excluding hydrogens is 198 g/mol. The van der Waals surface area contributed by atoms with E-state index in [-0.39, 0.29) is 0 Å². The van der Waals surface area contributed by atoms with E-state index in [1.165, 1.54) is 12.8 Å². The summed E-state index contributed by atoms with van der Waals surface area (Å²) in [4.78, 5) is 3.97. The van der Waals surface area contributed by atoms with Crippen LogP contribution in [0.15, 0.2) is 18.3 Å². The fourth-order valence-electron chi connectivity index (χ4n) is 2.36. The molecule has 16 heavy (non-hydrogen) atoms. The molecule has 1 aliphatic carbocycles. The number of hydrogen-bond acceptors (Lipinski definition) is 3. The van der Waals surface area contributed by atoms with Crippen LogP contribution in [0.1, 0.15) is 32.4 Å². The minimum Gasteiger partial charge on any atom is -0.382 e. The van der Waals surface area contributed by atoms with Gasteiger partial charge < -0.3 is 5.32 Å². The molecule has 0 amide bonds. The maximum atomic E-state index is 8.78. The van der Waals surface area contributed by atoms with E-state index in [0.29, 0.717) is 17.7 Å². The highest BCUT2D eigenvalue weighted by Gasteiger charge is 2.29. The lowest BCUT2D eigenvalue weighted by molar-refractivity contribution is 0.435. The molecule has 3 heteroatoms. The Labute approximate surface area is 96.5 Å². The van der Waals surface area contributed by atoms with Crippen LogP contribution in [0.3, 0.4) is 0 Å². The lowest BCUT2D eigenvalue weighted by Crippen LogP contribution is -2.24. The molecule has 0 aliphatic heterocycles. The van der Waals surface area contributed by atoms with Crippen molar-refractivity contribution in [1.82, 2.24) is 4.98 Å². The van der Waals surface area contributed by atoms with E-state index in [1.54, 1.807) is 6.20 Å². The van der Waals surface area contributed by atoms with E-state index in [9.17, 15) is 0 Å². The first kappa shape index (κ1) is 10.9. The standard InChI is InChI=1S/C13H17N3/c1-9-3-4-13(10(9)2)16-11-5-6-15-12(7-11)8-14/h5-7,9-10,13H,3-4H2,1-2H3,(H,15,16). The monoisotopic (exact) mass is 215 g/mol. The Bertz CT molecular complexity index is 408. The molecule has 1 saturated carbocycles. The maximum Gasteiger partial charge on any atom is 0.142 e. The largest absolute Gasteiger partial charge is 0.382 e. The predicted molar refractivity (Wildman–Crippen MR) is 63.9 cm³/mol. The second-order valence-electron chi connectivity index (χ2n) is 4.71. The number of aromatic nitrogens is 1. The van der Waals surface area contributed by atoms with Crippen LogP contribution < -0.4 is 5.32 Å². The number of nitrogens with zero attached hydrogens (tertiary/aromatic N) is 2. The third kappa shape index (κ3) is 2.16. The Hall–Kier alpha value is -1.56. The average molecular weight is 215 g/mol. The van der Waals surface area contributed by atoms with Crippen molar-refractivity contribution in [2.75, 3.05) is 5.32 Å². The van der Waals surface area contributed by atoms with Gasteiger partial charge in [0.1, 0.15) is 11.8 Å². The van der Waals surface area contributed by atoms with E-state index in [1.807, 2.05) is 12.1 Å². The summed E-state index contributed by atoms with van der Waals surface area (Å²) in [6.07, 6.45) is 4.19. The van der Waals surface area contributed by atoms with Gasteiger partial charge in [-0.3, -0.25) is 0 Å². The molecule has 1 aliphatic rings. The zero-order chi connectivity index (χ0) is 11.5. The Morgan fingerprint density at radius 3 is 2.88 bits per heavy atom. The molecule has 0 radical (unpaired) electrons. The fraction of sp³-hybridized carbons (Fsp3) is 0.538. The summed E-state index contributed by atoms with van der Waals surface area (Å²) < 4.78 is 0. The molecule has 0 aromatic carbocycles. The molecular formula is C13H17N3. The van der Waals surface area contributed by atoms with Gasteiger partial charge in [0, 0.05) is 17.9 Å². The van der Waals surface area contributed by atoms with Gasteiger partial charge in [-0.2, -0.15) is 5.26 Å². The van der Waals surface area contributed by atoms with Crippen LogP contribution in [-0.2, 0) is 0 Å². The molecule has 1 fully saturated rings. The van der Waals surface area contributed by atoms with Crippen molar-refractivity contribution in [1.29, 1.82) is 5.26 Å². The summed E-state index contributed by atoms with van der Waals surface area (Å²) in [5.74, 6) is 1.48. The Balaban J connectivity index is 2.07. The average Bonchev–Trinajstić information content (AvgIpc) is 2.61. The second kappa shape index (κ2) is 4.52. The van der Waals surface area contributed by atoms with Crippen molar-refractivity contribution in [3.05, 3.63) is 24.0 Å². The van der Waals surface area contributed by atoms with Crippen LogP contribution in [0, 0.1) is 23.2 Å². The zero-order valence-corrected chi connectivity index (χ0v) is 9.77. The first-order valence-electron chi connectivity index (χ1n) is 5.83. The van der Waals surface area contributed by atoms with Crippen LogP contribution in [-0.4, -0.2) is 11.0 Å². The van der Waals surface area contributed by atoms with Crippen molar-refractivity contribution in [2.45, 2.75) is 32.7 Å². The van der Waals surface area contributed by atoms with E-state index < -0.39 is 0 Å². The number of nitrogens with one attached hydrogen (secondary N) is 1. The lowest BCUT2D eigenvalue weighted by atomic mass is 9.98. The minimum absolute atomic E-state index is 0.476. The van der Waals surface area contributed by atoms with Crippen LogP contribution in [0.2, 0.25) is 0 Å². The first-order chi connectivity index (χ1) is 7.70. The summed E-state index contributed by atoms with van der Waals surface area (Å²) in [7, 11) is 0. The molecule has 2 rings (SSSR count). The number of rotatable bonds is 2. The molecule has 0 saturated heterocycles. The van der Waals surface area contributed by atoms with E-state index >= 15 is 0 Å². The summed E-state index contributed by atoms with van der Waals surface area (Å²) in [6.45, 7) is 4.60. The molecule has 3 nitrogen and oxygen atoms in total. The van der Waals surface area contributed by atoms with Crippen LogP contribution in [0.25, 0.3) is 0 Å². The van der Waals surface area contributed by atoms with Gasteiger partial charge in [-0.15, -0.1) is 0 Å². The molecule has 1 aromatic heterocycles. The van der Waals surface area contributed by atoms with Crippen LogP contribution >= 0.6 is 0 Å². The smallest absolute Gasteiger partial charge is 0.142 e. The normalized spacial score (nSPS) is 28.7. The van der Waals surface area contributed by atoms with Gasteiger partial charge in [0.15, 0.2) is 0 Å². The predicted octanol–water partition coefficient (Wildman–Crippen LogP) is 2.80. The summed E-state index contributed by atoms with van der Waals surface area (Å²) in [5, 5.41) is 12.3. The summed E-state index contributed by atoms with van der Waals surface area (Å²) in [6, 6.07) is 6.33. The van der Waals surface area contributed by atoms with Crippen molar-refractivity contribution in [3.63, 3.8) is 0 Å². The highest BCUT2D eigenvalue weighted by atomic mass is 14.9. The highest BCUT2D eigenvalue weighted by Crippen LogP contribution is 2.33. The summed E-state index contributed by atoms with van der Waals surface area (Å²) in [5.41, 5.74) is 1.49. The Morgan fingerprint density at radius 1 is 1.44 bits per heavy atom. The van der Waals surface area contributed by atoms with Crippen molar-refractivity contribution in [3.8, 4) is 6.07 Å². The van der Waals surface area contributed by atoms with Gasteiger partial charge in [0.2, 0.25) is 0 Å². The number of pyridine rings is 1. The summed E-state index contributed by atoms with van der Waals surface area (Å²) >= 11 is 0. The minimum atomic E-state index is 0.476. The first-order valence-corrected chi connectivity index (χ1v) is 5.83. The Morgan fingerprint density at radius 2 is 2.25 bits per heavy atom. The van der Waals surface area contributed by atoms with Gasteiger partial charge >= 0.3 is 0 Å². The molecule has 3 unspecified atom stereocenters. The third-order valence-corrected chi connectivity index (χ3v) is 3.69. The second-order valence-corrected chi connectivity index (χ2v) is 4.71. The topological polar surface area (TPSA) is 48.7 Å². The highest BCUT2D eigenvalue weighted by molar-refractivity contribution is 5.46. The van der Waals surface area contributed by atoms with Crippen molar-refractivity contribution in [2.24, 2.45) is 11.8 Å². The third-order valence-electron chi connectivity index (χ3n) is 3.69. The van der Waals surface area contributed by atoms with Gasteiger partial charge in [-0.05, 0) is 36.8 Å². The SMILES string of the molecule is CC1CCC(Nc2ccnc(C#N)c2)C1C. The maximum absolute atomic E-state index is 8.78. The van der Waals surface area contributed by atoms with Gasteiger partial charge in [0.05, 0.1) is 0 Å². The molecule has 1 N–H and O–H groups in total. The fourth-order valence-corrected chi connectivity index (χ4v) is 2.36. The number of anilines is 1. The zero-order valence-electron chi connectivity index (χ0n) is 9.77. The van der Waals surface area contributed by atoms with Crippen LogP contribution in [0.5, 0.6) is 0 Å². The van der Waals surface area contributed by atoms with Gasteiger partial charge in [0.25, 0.3) is 0 Å². The number of nitriles is 1. The van der Waals surface area contributed by atoms with Crippen molar-refractivity contribution < 1.29 is 0 Å². The molecule has 84 valence electrons. The Kier molecular flexibility index (Phi) is 3.09. The van der Waals surface area contributed by atoms with E-state index in [2.05, 4.69) is 30.2 Å². The van der Waals surface area contributed by atoms with Crippen LogP contribution in [0.4, 0.5) is 5.69 Å². The molecule has 1 heterocycles. The molecule has 0 bridgehead atoms. The van der Waals surface area contributed by atoms with Gasteiger partial charge in [-0.25, -0.2) is 4.98 Å². The van der Waals surface area contributed by atoms with E-state index in [0.717, 1.165) is 11.6 Å². The van der Waals surface area contributed by atoms with E-state index in [4.69, 9.17) is 5.26 Å². The number of hydrogen-bond donors (Lipinski definition) is 1. The quantitative estimate of drug-likeness (QED) is 0.825. The van der Waals surface area contributed by atoms with Crippen molar-refractivity contribution >= 4 is 5.69 Å².